The van der Waals surface area contributed by atoms with Crippen LogP contribution >= 0.6 is 0 Å². The minimum absolute atomic E-state index is 0.132. The molecule has 4 nitrogen and oxygen atoms in total. The third kappa shape index (κ3) is 5.52. The molecule has 1 rings (SSSR count). The first-order chi connectivity index (χ1) is 8.19. The highest BCUT2D eigenvalue weighted by atomic mass is 16.6. The van der Waals surface area contributed by atoms with Crippen molar-refractivity contribution >= 4 is 11.9 Å². The van der Waals surface area contributed by atoms with E-state index in [0.717, 1.165) is 12.8 Å². The van der Waals surface area contributed by atoms with Gasteiger partial charge in [-0.3, -0.25) is 4.79 Å². The van der Waals surface area contributed by atoms with Gasteiger partial charge in [-0.15, -0.1) is 0 Å². The highest BCUT2D eigenvalue weighted by Gasteiger charge is 2.32. The Labute approximate surface area is 109 Å². The summed E-state index contributed by atoms with van der Waals surface area (Å²) in [6.07, 6.45) is 2.00. The van der Waals surface area contributed by atoms with Crippen molar-refractivity contribution in [2.45, 2.75) is 65.5 Å². The quantitative estimate of drug-likeness (QED) is 0.821. The summed E-state index contributed by atoms with van der Waals surface area (Å²) in [6, 6.07) is -0.132. The van der Waals surface area contributed by atoms with E-state index in [4.69, 9.17) is 4.74 Å². The van der Waals surface area contributed by atoms with E-state index in [-0.39, 0.29) is 23.7 Å². The van der Waals surface area contributed by atoms with Crippen LogP contribution < -0.4 is 5.32 Å². The summed E-state index contributed by atoms with van der Waals surface area (Å²) >= 11 is 0. The predicted molar refractivity (Wildman–Crippen MR) is 70.3 cm³/mol. The molecule has 1 saturated carbocycles. The van der Waals surface area contributed by atoms with E-state index in [1.165, 1.54) is 0 Å². The summed E-state index contributed by atoms with van der Waals surface area (Å²) in [6.45, 7) is 9.48. The molecule has 0 aromatic carbocycles. The van der Waals surface area contributed by atoms with E-state index >= 15 is 0 Å². The lowest BCUT2D eigenvalue weighted by Gasteiger charge is -2.25. The highest BCUT2D eigenvalue weighted by molar-refractivity contribution is 5.84. The van der Waals surface area contributed by atoms with Gasteiger partial charge in [-0.05, 0) is 39.5 Å². The lowest BCUT2D eigenvalue weighted by molar-refractivity contribution is -0.120. The van der Waals surface area contributed by atoms with Crippen molar-refractivity contribution < 1.29 is 14.3 Å². The monoisotopic (exact) mass is 255 g/mol. The van der Waals surface area contributed by atoms with Gasteiger partial charge in [-0.25, -0.2) is 4.79 Å². The van der Waals surface area contributed by atoms with E-state index < -0.39 is 11.7 Å². The summed E-state index contributed by atoms with van der Waals surface area (Å²) in [7, 11) is 0. The third-order valence-electron chi connectivity index (χ3n) is 2.96. The summed E-state index contributed by atoms with van der Waals surface area (Å²) in [5.41, 5.74) is -0.508. The first-order valence-corrected chi connectivity index (χ1v) is 6.71. The van der Waals surface area contributed by atoms with Crippen molar-refractivity contribution in [3.63, 3.8) is 0 Å². The maximum atomic E-state index is 11.8. The van der Waals surface area contributed by atoms with Gasteiger partial charge in [-0.1, -0.05) is 13.8 Å². The number of hydrogen-bond acceptors (Lipinski definition) is 3. The molecule has 1 N–H and O–H groups in total. The SMILES string of the molecule is CC(C)C(CC(=O)C1CC1)NC(=O)OC(C)(C)C. The molecule has 0 radical (unpaired) electrons. The topological polar surface area (TPSA) is 55.4 Å². The second-order valence-corrected chi connectivity index (χ2v) is 6.44. The van der Waals surface area contributed by atoms with Crippen molar-refractivity contribution in [2.24, 2.45) is 11.8 Å². The lowest BCUT2D eigenvalue weighted by Crippen LogP contribution is -2.43. The fraction of sp³-hybridized carbons (Fsp3) is 0.857. The molecule has 0 bridgehead atoms. The molecule has 0 aliphatic heterocycles. The maximum Gasteiger partial charge on any atom is 0.407 e. The Hall–Kier alpha value is -1.06. The Morgan fingerprint density at radius 1 is 1.28 bits per heavy atom. The van der Waals surface area contributed by atoms with Crippen molar-refractivity contribution in [1.29, 1.82) is 0 Å². The number of carbonyl (C=O) groups is 2. The number of carbonyl (C=O) groups excluding carboxylic acids is 2. The van der Waals surface area contributed by atoms with Gasteiger partial charge >= 0.3 is 6.09 Å². The van der Waals surface area contributed by atoms with Crippen LogP contribution in [0.5, 0.6) is 0 Å². The molecular weight excluding hydrogens is 230 g/mol. The molecule has 1 fully saturated rings. The normalized spacial score (nSPS) is 17.4. The summed E-state index contributed by atoms with van der Waals surface area (Å²) in [5.74, 6) is 0.733. The van der Waals surface area contributed by atoms with Gasteiger partial charge in [0.2, 0.25) is 0 Å². The number of ketones is 1. The Morgan fingerprint density at radius 3 is 2.22 bits per heavy atom. The second kappa shape index (κ2) is 5.72. The van der Waals surface area contributed by atoms with Gasteiger partial charge in [-0.2, -0.15) is 0 Å². The Balaban J connectivity index is 2.46. The molecule has 104 valence electrons. The van der Waals surface area contributed by atoms with Crippen LogP contribution in [-0.4, -0.2) is 23.5 Å². The van der Waals surface area contributed by atoms with Gasteiger partial charge in [0, 0.05) is 18.4 Å². The first kappa shape index (κ1) is 15.0. The largest absolute Gasteiger partial charge is 0.444 e. The van der Waals surface area contributed by atoms with Crippen LogP contribution in [0.25, 0.3) is 0 Å². The predicted octanol–water partition coefficient (Wildman–Crippen LogP) is 2.90. The molecule has 0 spiro atoms. The van der Waals surface area contributed by atoms with Gasteiger partial charge < -0.3 is 10.1 Å². The van der Waals surface area contributed by atoms with Crippen LogP contribution in [0.15, 0.2) is 0 Å². The minimum atomic E-state index is -0.508. The Kier molecular flexibility index (Phi) is 4.77. The molecular formula is C14H25NO3. The highest BCUT2D eigenvalue weighted by Crippen LogP contribution is 2.31. The van der Waals surface area contributed by atoms with Gasteiger partial charge in [0.25, 0.3) is 0 Å². The molecule has 1 unspecified atom stereocenters. The Bertz CT molecular complexity index is 313. The number of amides is 1. The molecule has 0 heterocycles. The zero-order valence-electron chi connectivity index (χ0n) is 12.1. The van der Waals surface area contributed by atoms with E-state index in [9.17, 15) is 9.59 Å². The van der Waals surface area contributed by atoms with Crippen LogP contribution in [-0.2, 0) is 9.53 Å². The van der Waals surface area contributed by atoms with E-state index in [2.05, 4.69) is 5.32 Å². The van der Waals surface area contributed by atoms with Crippen LogP contribution in [0, 0.1) is 11.8 Å². The fourth-order valence-electron chi connectivity index (χ4n) is 1.70. The number of ether oxygens (including phenoxy) is 1. The Morgan fingerprint density at radius 2 is 1.83 bits per heavy atom. The molecule has 1 aliphatic carbocycles. The number of alkyl carbamates (subject to hydrolysis) is 1. The zero-order chi connectivity index (χ0) is 13.9. The molecule has 0 aromatic rings. The summed E-state index contributed by atoms with van der Waals surface area (Å²) in [4.78, 5) is 23.5. The fourth-order valence-corrected chi connectivity index (χ4v) is 1.70. The first-order valence-electron chi connectivity index (χ1n) is 6.71. The standard InChI is InChI=1S/C14H25NO3/c1-9(2)11(8-12(16)10-6-7-10)15-13(17)18-14(3,4)5/h9-11H,6-8H2,1-5H3,(H,15,17). The van der Waals surface area contributed by atoms with E-state index in [1.807, 2.05) is 34.6 Å². The maximum absolute atomic E-state index is 11.8. The van der Waals surface area contributed by atoms with Crippen LogP contribution in [0.3, 0.4) is 0 Å². The minimum Gasteiger partial charge on any atom is -0.444 e. The summed E-state index contributed by atoms with van der Waals surface area (Å²) in [5, 5.41) is 2.80. The average molecular weight is 255 g/mol. The van der Waals surface area contributed by atoms with Gasteiger partial charge in [0.05, 0.1) is 0 Å². The molecule has 1 amide bonds. The number of hydrogen-bond donors (Lipinski definition) is 1. The van der Waals surface area contributed by atoms with Gasteiger partial charge in [0.15, 0.2) is 0 Å². The van der Waals surface area contributed by atoms with E-state index in [1.54, 1.807) is 0 Å². The molecule has 0 saturated heterocycles. The second-order valence-electron chi connectivity index (χ2n) is 6.44. The smallest absolute Gasteiger partial charge is 0.407 e. The summed E-state index contributed by atoms with van der Waals surface area (Å²) < 4.78 is 5.21. The number of nitrogens with one attached hydrogen (secondary N) is 1. The van der Waals surface area contributed by atoms with Crippen molar-refractivity contribution in [3.05, 3.63) is 0 Å². The van der Waals surface area contributed by atoms with Gasteiger partial charge in [0.1, 0.15) is 11.4 Å². The van der Waals surface area contributed by atoms with Crippen molar-refractivity contribution in [2.75, 3.05) is 0 Å². The zero-order valence-corrected chi connectivity index (χ0v) is 12.1. The molecule has 1 atom stereocenters. The number of Topliss-reactive ketones (excluding diaryl/α,β-unsaturated/α-hetero) is 1. The molecule has 0 aromatic heterocycles. The van der Waals surface area contributed by atoms with Crippen molar-refractivity contribution in [1.82, 2.24) is 5.32 Å². The van der Waals surface area contributed by atoms with Crippen LogP contribution in [0.1, 0.15) is 53.9 Å². The third-order valence-corrected chi connectivity index (χ3v) is 2.96. The van der Waals surface area contributed by atoms with Crippen LogP contribution in [0.4, 0.5) is 4.79 Å². The average Bonchev–Trinajstić information content (AvgIpc) is 2.95. The lowest BCUT2D eigenvalue weighted by atomic mass is 9.97. The number of rotatable bonds is 5. The molecule has 1 aliphatic rings. The van der Waals surface area contributed by atoms with Crippen LogP contribution in [0.2, 0.25) is 0 Å². The van der Waals surface area contributed by atoms with E-state index in [0.29, 0.717) is 6.42 Å². The molecule has 4 heteroatoms. The van der Waals surface area contributed by atoms with Crippen molar-refractivity contribution in [3.8, 4) is 0 Å². The molecule has 18 heavy (non-hydrogen) atoms.